The molecule has 2 heteroatoms. The Morgan fingerprint density at radius 2 is 1.31 bits per heavy atom. The van der Waals surface area contributed by atoms with Crippen molar-refractivity contribution in [1.29, 1.82) is 0 Å². The summed E-state index contributed by atoms with van der Waals surface area (Å²) in [4.78, 5) is 12.8. The molecule has 0 aromatic carbocycles. The Bertz CT molecular complexity index is 138. The van der Waals surface area contributed by atoms with Gasteiger partial charge in [-0.25, -0.2) is 0 Å². The molecule has 0 saturated carbocycles. The SMILES string of the molecule is CCCCCN(CCCC=O)CCCCC. The van der Waals surface area contributed by atoms with Gasteiger partial charge in [-0.05, 0) is 38.9 Å². The van der Waals surface area contributed by atoms with E-state index in [1.807, 2.05) is 0 Å². The molecule has 0 spiro atoms. The maximum atomic E-state index is 10.3. The summed E-state index contributed by atoms with van der Waals surface area (Å²) in [6.45, 7) is 8.03. The molecular formula is C14H29NO. The van der Waals surface area contributed by atoms with Crippen LogP contribution in [0.25, 0.3) is 0 Å². The Labute approximate surface area is 101 Å². The van der Waals surface area contributed by atoms with E-state index >= 15 is 0 Å². The van der Waals surface area contributed by atoms with Gasteiger partial charge in [0.2, 0.25) is 0 Å². The van der Waals surface area contributed by atoms with Crippen LogP contribution in [0.15, 0.2) is 0 Å². The minimum absolute atomic E-state index is 0.720. The van der Waals surface area contributed by atoms with E-state index in [0.717, 1.165) is 25.7 Å². The highest BCUT2D eigenvalue weighted by molar-refractivity contribution is 5.48. The average molecular weight is 227 g/mol. The minimum atomic E-state index is 0.720. The van der Waals surface area contributed by atoms with E-state index < -0.39 is 0 Å². The van der Waals surface area contributed by atoms with Gasteiger partial charge >= 0.3 is 0 Å². The largest absolute Gasteiger partial charge is 0.303 e. The van der Waals surface area contributed by atoms with Crippen molar-refractivity contribution in [2.75, 3.05) is 19.6 Å². The molecule has 0 aliphatic heterocycles. The number of nitrogens with zero attached hydrogens (tertiary/aromatic N) is 1. The first-order valence-electron chi connectivity index (χ1n) is 7.01. The van der Waals surface area contributed by atoms with E-state index in [4.69, 9.17) is 0 Å². The van der Waals surface area contributed by atoms with Crippen molar-refractivity contribution in [2.45, 2.75) is 65.2 Å². The van der Waals surface area contributed by atoms with E-state index in [1.165, 1.54) is 51.6 Å². The third-order valence-electron chi connectivity index (χ3n) is 2.95. The summed E-state index contributed by atoms with van der Waals surface area (Å²) in [5, 5.41) is 0. The summed E-state index contributed by atoms with van der Waals surface area (Å²) in [5.74, 6) is 0. The monoisotopic (exact) mass is 227 g/mol. The highest BCUT2D eigenvalue weighted by Gasteiger charge is 2.03. The molecule has 0 fully saturated rings. The molecule has 0 rings (SSSR count). The molecule has 0 heterocycles. The lowest BCUT2D eigenvalue weighted by Gasteiger charge is -2.21. The Morgan fingerprint density at radius 3 is 1.75 bits per heavy atom. The van der Waals surface area contributed by atoms with Crippen LogP contribution in [-0.2, 0) is 4.79 Å². The lowest BCUT2D eigenvalue weighted by atomic mass is 10.2. The van der Waals surface area contributed by atoms with Gasteiger partial charge in [-0.15, -0.1) is 0 Å². The second kappa shape index (κ2) is 12.7. The maximum absolute atomic E-state index is 10.3. The zero-order valence-corrected chi connectivity index (χ0v) is 11.2. The van der Waals surface area contributed by atoms with Crippen LogP contribution in [0.2, 0.25) is 0 Å². The van der Waals surface area contributed by atoms with Crippen LogP contribution in [0, 0.1) is 0 Å². The lowest BCUT2D eigenvalue weighted by molar-refractivity contribution is -0.108. The zero-order valence-electron chi connectivity index (χ0n) is 11.2. The number of carbonyl (C=O) groups is 1. The molecule has 2 nitrogen and oxygen atoms in total. The fourth-order valence-electron chi connectivity index (χ4n) is 1.90. The topological polar surface area (TPSA) is 20.3 Å². The fraction of sp³-hybridized carbons (Fsp3) is 0.929. The van der Waals surface area contributed by atoms with Gasteiger partial charge in [-0.2, -0.15) is 0 Å². The van der Waals surface area contributed by atoms with E-state index in [2.05, 4.69) is 18.7 Å². The second-order valence-electron chi connectivity index (χ2n) is 4.56. The predicted octanol–water partition coefficient (Wildman–Crippen LogP) is 3.65. The van der Waals surface area contributed by atoms with Crippen molar-refractivity contribution in [2.24, 2.45) is 0 Å². The Hall–Kier alpha value is -0.370. The number of carbonyl (C=O) groups excluding carboxylic acids is 1. The number of rotatable bonds is 12. The van der Waals surface area contributed by atoms with Gasteiger partial charge in [-0.3, -0.25) is 0 Å². The van der Waals surface area contributed by atoms with Gasteiger partial charge in [0, 0.05) is 6.42 Å². The number of hydrogen-bond acceptors (Lipinski definition) is 2. The Balaban J connectivity index is 3.62. The first-order chi connectivity index (χ1) is 7.85. The molecule has 0 N–H and O–H groups in total. The van der Waals surface area contributed by atoms with Crippen LogP contribution < -0.4 is 0 Å². The van der Waals surface area contributed by atoms with E-state index in [1.54, 1.807) is 0 Å². The van der Waals surface area contributed by atoms with Crippen LogP contribution in [0.3, 0.4) is 0 Å². The molecule has 0 aromatic heterocycles. The highest BCUT2D eigenvalue weighted by Crippen LogP contribution is 2.04. The second-order valence-corrected chi connectivity index (χ2v) is 4.56. The summed E-state index contributed by atoms with van der Waals surface area (Å²) in [6, 6.07) is 0. The number of unbranched alkanes of at least 4 members (excludes halogenated alkanes) is 5. The normalized spacial score (nSPS) is 10.9. The Morgan fingerprint density at radius 1 is 0.812 bits per heavy atom. The van der Waals surface area contributed by atoms with Crippen LogP contribution in [0.4, 0.5) is 0 Å². The van der Waals surface area contributed by atoms with Gasteiger partial charge in [0.25, 0.3) is 0 Å². The molecule has 0 aliphatic carbocycles. The third kappa shape index (κ3) is 10.2. The zero-order chi connectivity index (χ0) is 12.1. The van der Waals surface area contributed by atoms with Crippen LogP contribution in [0.1, 0.15) is 65.2 Å². The van der Waals surface area contributed by atoms with Crippen molar-refractivity contribution in [1.82, 2.24) is 4.90 Å². The summed E-state index contributed by atoms with van der Waals surface area (Å²) in [5.41, 5.74) is 0. The molecule has 0 saturated heterocycles. The molecule has 0 unspecified atom stereocenters. The van der Waals surface area contributed by atoms with Crippen molar-refractivity contribution in [3.05, 3.63) is 0 Å². The summed E-state index contributed by atoms with van der Waals surface area (Å²) in [7, 11) is 0. The average Bonchev–Trinajstić information content (AvgIpc) is 2.29. The fourth-order valence-corrected chi connectivity index (χ4v) is 1.90. The van der Waals surface area contributed by atoms with Gasteiger partial charge in [-0.1, -0.05) is 39.5 Å². The van der Waals surface area contributed by atoms with Crippen molar-refractivity contribution >= 4 is 6.29 Å². The first-order valence-corrected chi connectivity index (χ1v) is 7.01. The molecule has 0 radical (unpaired) electrons. The van der Waals surface area contributed by atoms with Gasteiger partial charge in [0.15, 0.2) is 0 Å². The van der Waals surface area contributed by atoms with E-state index in [9.17, 15) is 4.79 Å². The summed E-state index contributed by atoms with van der Waals surface area (Å²) >= 11 is 0. The van der Waals surface area contributed by atoms with Crippen molar-refractivity contribution in [3.8, 4) is 0 Å². The maximum Gasteiger partial charge on any atom is 0.120 e. The molecular weight excluding hydrogens is 198 g/mol. The lowest BCUT2D eigenvalue weighted by Crippen LogP contribution is -2.27. The van der Waals surface area contributed by atoms with E-state index in [-0.39, 0.29) is 0 Å². The number of aldehydes is 1. The first kappa shape index (κ1) is 15.6. The molecule has 0 atom stereocenters. The highest BCUT2D eigenvalue weighted by atomic mass is 16.1. The molecule has 0 aliphatic rings. The van der Waals surface area contributed by atoms with Gasteiger partial charge in [0.05, 0.1) is 0 Å². The summed E-state index contributed by atoms with van der Waals surface area (Å²) < 4.78 is 0. The van der Waals surface area contributed by atoms with Gasteiger partial charge in [0.1, 0.15) is 6.29 Å². The van der Waals surface area contributed by atoms with Crippen LogP contribution in [0.5, 0.6) is 0 Å². The molecule has 0 aromatic rings. The Kier molecular flexibility index (Phi) is 12.4. The molecule has 0 amide bonds. The third-order valence-corrected chi connectivity index (χ3v) is 2.95. The minimum Gasteiger partial charge on any atom is -0.303 e. The molecule has 16 heavy (non-hydrogen) atoms. The molecule has 96 valence electrons. The van der Waals surface area contributed by atoms with Gasteiger partial charge < -0.3 is 9.69 Å². The summed E-state index contributed by atoms with van der Waals surface area (Å²) in [6.07, 6.45) is 10.6. The number of hydrogen-bond donors (Lipinski definition) is 0. The van der Waals surface area contributed by atoms with Crippen LogP contribution >= 0.6 is 0 Å². The van der Waals surface area contributed by atoms with E-state index in [0.29, 0.717) is 0 Å². The smallest absolute Gasteiger partial charge is 0.120 e. The quantitative estimate of drug-likeness (QED) is 0.375. The predicted molar refractivity (Wildman–Crippen MR) is 70.8 cm³/mol. The van der Waals surface area contributed by atoms with Crippen molar-refractivity contribution in [3.63, 3.8) is 0 Å². The van der Waals surface area contributed by atoms with Crippen molar-refractivity contribution < 1.29 is 4.79 Å². The standard InChI is InChI=1S/C14H29NO/c1-3-5-7-11-15(12-8-6-4-2)13-9-10-14-16/h14H,3-13H2,1-2H3. The molecule has 0 bridgehead atoms. The van der Waals surface area contributed by atoms with Crippen LogP contribution in [-0.4, -0.2) is 30.8 Å².